The van der Waals surface area contributed by atoms with Crippen LogP contribution in [0.3, 0.4) is 0 Å². The largest absolute Gasteiger partial charge is 0.447 e. The second-order valence-corrected chi connectivity index (χ2v) is 7.55. The second-order valence-electron chi connectivity index (χ2n) is 7.55. The van der Waals surface area contributed by atoms with Crippen LogP contribution in [0.25, 0.3) is 0 Å². The van der Waals surface area contributed by atoms with Crippen molar-refractivity contribution in [1.29, 1.82) is 0 Å². The maximum atomic E-state index is 12.7. The third-order valence-electron chi connectivity index (χ3n) is 6.39. The molecule has 1 aliphatic heterocycles. The molecular weight excluding hydrogens is 266 g/mol. The molecule has 0 N–H and O–H groups in total. The molecule has 0 aromatic heterocycles. The van der Waals surface area contributed by atoms with Gasteiger partial charge in [0.15, 0.2) is 0 Å². The highest BCUT2D eigenvalue weighted by Gasteiger charge is 2.70. The number of imide groups is 1. The van der Waals surface area contributed by atoms with E-state index in [1.54, 1.807) is 6.08 Å². The van der Waals surface area contributed by atoms with E-state index in [2.05, 4.69) is 20.4 Å². The number of hydrogen-bond acceptors (Lipinski definition) is 3. The van der Waals surface area contributed by atoms with Crippen LogP contribution in [0, 0.1) is 23.2 Å². The Kier molecular flexibility index (Phi) is 3.19. The summed E-state index contributed by atoms with van der Waals surface area (Å²) in [5.41, 5.74) is -0.486. The molecule has 2 aliphatic carbocycles. The van der Waals surface area contributed by atoms with Gasteiger partial charge in [0.1, 0.15) is 6.61 Å². The van der Waals surface area contributed by atoms with Gasteiger partial charge in [-0.15, -0.1) is 6.58 Å². The molecular formula is C17H25NO3. The van der Waals surface area contributed by atoms with E-state index in [9.17, 15) is 9.59 Å². The first kappa shape index (κ1) is 14.6. The van der Waals surface area contributed by atoms with E-state index in [4.69, 9.17) is 4.74 Å². The van der Waals surface area contributed by atoms with E-state index in [0.29, 0.717) is 24.9 Å². The zero-order valence-electron chi connectivity index (χ0n) is 13.2. The minimum Gasteiger partial charge on any atom is -0.447 e. The Labute approximate surface area is 126 Å². The standard InChI is InChI=1S/C17H25NO3/c1-5-11(2)8-14(19)18-15(20)21-10-17(18)13-7-6-12(9-13)16(17,3)4/h5,11-13H,1,6-10H2,2-4H3/t11-,12-,13+,17-/m1/s1. The Morgan fingerprint density at radius 3 is 2.71 bits per heavy atom. The van der Waals surface area contributed by atoms with Crippen LogP contribution in [0.1, 0.15) is 46.5 Å². The lowest BCUT2D eigenvalue weighted by atomic mass is 9.63. The fraction of sp³-hybridized carbons (Fsp3) is 0.765. The van der Waals surface area contributed by atoms with Gasteiger partial charge < -0.3 is 4.74 Å². The Bertz CT molecular complexity index is 498. The predicted octanol–water partition coefficient (Wildman–Crippen LogP) is 3.37. The first-order valence-corrected chi connectivity index (χ1v) is 7.97. The summed E-state index contributed by atoms with van der Waals surface area (Å²) in [5, 5.41) is 0. The average Bonchev–Trinajstić information content (AvgIpc) is 3.07. The number of carbonyl (C=O) groups excluding carboxylic acids is 2. The van der Waals surface area contributed by atoms with Gasteiger partial charge in [-0.3, -0.25) is 4.79 Å². The number of ether oxygens (including phenoxy) is 1. The van der Waals surface area contributed by atoms with Gasteiger partial charge in [0.05, 0.1) is 5.54 Å². The summed E-state index contributed by atoms with van der Waals surface area (Å²) < 4.78 is 5.37. The predicted molar refractivity (Wildman–Crippen MR) is 79.5 cm³/mol. The highest BCUT2D eigenvalue weighted by molar-refractivity contribution is 5.95. The smallest absolute Gasteiger partial charge is 0.417 e. The first-order chi connectivity index (χ1) is 9.84. The number of nitrogens with zero attached hydrogens (tertiary/aromatic N) is 1. The van der Waals surface area contributed by atoms with E-state index in [1.165, 1.54) is 11.3 Å². The SMILES string of the molecule is C=C[C@@H](C)CC(=O)N1C(=O)OC[C@]12[C@H]1CC[C@H](C1)C2(C)C. The third-order valence-corrected chi connectivity index (χ3v) is 6.39. The van der Waals surface area contributed by atoms with Gasteiger partial charge in [0.25, 0.3) is 0 Å². The maximum Gasteiger partial charge on any atom is 0.417 e. The Morgan fingerprint density at radius 1 is 1.48 bits per heavy atom. The van der Waals surface area contributed by atoms with Gasteiger partial charge in [-0.1, -0.05) is 26.8 Å². The van der Waals surface area contributed by atoms with Gasteiger partial charge in [-0.25, -0.2) is 9.69 Å². The van der Waals surface area contributed by atoms with E-state index >= 15 is 0 Å². The normalized spacial score (nSPS) is 37.9. The number of allylic oxidation sites excluding steroid dienone is 1. The van der Waals surface area contributed by atoms with Crippen LogP contribution in [-0.2, 0) is 9.53 Å². The van der Waals surface area contributed by atoms with Crippen molar-refractivity contribution in [3.8, 4) is 0 Å². The van der Waals surface area contributed by atoms with Crippen LogP contribution in [0.4, 0.5) is 4.79 Å². The van der Waals surface area contributed by atoms with Crippen LogP contribution in [0.2, 0.25) is 0 Å². The maximum absolute atomic E-state index is 12.7. The van der Waals surface area contributed by atoms with Crippen molar-refractivity contribution >= 4 is 12.0 Å². The zero-order chi connectivity index (χ0) is 15.4. The lowest BCUT2D eigenvalue weighted by Gasteiger charge is -2.49. The number of cyclic esters (lactones) is 1. The number of amides is 2. The first-order valence-electron chi connectivity index (χ1n) is 7.97. The molecule has 2 saturated carbocycles. The lowest BCUT2D eigenvalue weighted by Crippen LogP contribution is -2.62. The summed E-state index contributed by atoms with van der Waals surface area (Å²) in [6.45, 7) is 10.5. The minimum absolute atomic E-state index is 0.0604. The minimum atomic E-state index is -0.447. The van der Waals surface area contributed by atoms with E-state index < -0.39 is 11.6 Å². The molecule has 1 spiro atoms. The molecule has 4 atom stereocenters. The zero-order valence-corrected chi connectivity index (χ0v) is 13.2. The molecule has 1 heterocycles. The fourth-order valence-corrected chi connectivity index (χ4v) is 4.96. The number of fused-ring (bicyclic) bond motifs is 3. The van der Waals surface area contributed by atoms with Gasteiger partial charge in [0.2, 0.25) is 5.91 Å². The number of carbonyl (C=O) groups is 2. The van der Waals surface area contributed by atoms with Gasteiger partial charge in [0, 0.05) is 6.42 Å². The average molecular weight is 291 g/mol. The topological polar surface area (TPSA) is 46.6 Å². The van der Waals surface area contributed by atoms with E-state index in [-0.39, 0.29) is 17.2 Å². The molecule has 1 saturated heterocycles. The van der Waals surface area contributed by atoms with Crippen LogP contribution in [-0.4, -0.2) is 29.0 Å². The number of rotatable bonds is 3. The van der Waals surface area contributed by atoms with Crippen LogP contribution in [0.15, 0.2) is 12.7 Å². The molecule has 4 heteroatoms. The molecule has 0 unspecified atom stereocenters. The molecule has 2 amide bonds. The van der Waals surface area contributed by atoms with E-state index in [0.717, 1.165) is 12.8 Å². The van der Waals surface area contributed by atoms with Gasteiger partial charge in [-0.05, 0) is 42.4 Å². The second kappa shape index (κ2) is 4.59. The van der Waals surface area contributed by atoms with Crippen molar-refractivity contribution in [2.45, 2.75) is 52.0 Å². The molecule has 3 fully saturated rings. The Morgan fingerprint density at radius 2 is 2.14 bits per heavy atom. The summed E-state index contributed by atoms with van der Waals surface area (Å²) >= 11 is 0. The van der Waals surface area contributed by atoms with Crippen molar-refractivity contribution in [3.63, 3.8) is 0 Å². The summed E-state index contributed by atoms with van der Waals surface area (Å²) in [7, 11) is 0. The van der Waals surface area contributed by atoms with Crippen LogP contribution >= 0.6 is 0 Å². The molecule has 0 aromatic rings. The summed E-state index contributed by atoms with van der Waals surface area (Å²) in [6.07, 6.45) is 5.07. The molecule has 2 bridgehead atoms. The molecule has 3 aliphatic rings. The van der Waals surface area contributed by atoms with Crippen molar-refractivity contribution in [1.82, 2.24) is 4.90 Å². The number of hydrogen-bond donors (Lipinski definition) is 0. The molecule has 21 heavy (non-hydrogen) atoms. The van der Waals surface area contributed by atoms with Crippen LogP contribution in [0.5, 0.6) is 0 Å². The highest BCUT2D eigenvalue weighted by atomic mass is 16.6. The van der Waals surface area contributed by atoms with Gasteiger partial charge in [-0.2, -0.15) is 0 Å². The van der Waals surface area contributed by atoms with Crippen molar-refractivity contribution in [2.75, 3.05) is 6.61 Å². The molecule has 0 aromatic carbocycles. The van der Waals surface area contributed by atoms with Crippen LogP contribution < -0.4 is 0 Å². The van der Waals surface area contributed by atoms with E-state index in [1.807, 2.05) is 6.92 Å². The fourth-order valence-electron chi connectivity index (χ4n) is 4.96. The quantitative estimate of drug-likeness (QED) is 0.749. The summed E-state index contributed by atoms with van der Waals surface area (Å²) in [6, 6.07) is 0. The van der Waals surface area contributed by atoms with Gasteiger partial charge >= 0.3 is 6.09 Å². The molecule has 116 valence electrons. The molecule has 3 rings (SSSR count). The summed E-state index contributed by atoms with van der Waals surface area (Å²) in [5.74, 6) is 0.950. The monoisotopic (exact) mass is 291 g/mol. The lowest BCUT2D eigenvalue weighted by molar-refractivity contribution is -0.138. The third kappa shape index (κ3) is 1.74. The Hall–Kier alpha value is -1.32. The van der Waals surface area contributed by atoms with Crippen molar-refractivity contribution < 1.29 is 14.3 Å². The Balaban J connectivity index is 1.96. The highest BCUT2D eigenvalue weighted by Crippen LogP contribution is 2.65. The van der Waals surface area contributed by atoms with Crippen molar-refractivity contribution in [2.24, 2.45) is 23.2 Å². The molecule has 4 nitrogen and oxygen atoms in total. The molecule has 0 radical (unpaired) electrons. The van der Waals surface area contributed by atoms with Crippen molar-refractivity contribution in [3.05, 3.63) is 12.7 Å². The summed E-state index contributed by atoms with van der Waals surface area (Å²) in [4.78, 5) is 26.5.